The molecule has 0 aromatic heterocycles. The van der Waals surface area contributed by atoms with Crippen molar-refractivity contribution in [3.63, 3.8) is 0 Å². The SMILES string of the molecule is O=C(O)C1COCCN1C1CC(=O)N(C2CCCC2)C1=O. The number of carboxylic acid groups (broad SMARTS) is 1. The molecule has 3 aliphatic rings. The lowest BCUT2D eigenvalue weighted by Gasteiger charge is -2.36. The van der Waals surface area contributed by atoms with E-state index in [1.807, 2.05) is 0 Å². The molecular formula is C14H20N2O5. The van der Waals surface area contributed by atoms with Crippen molar-refractivity contribution < 1.29 is 24.2 Å². The Morgan fingerprint density at radius 3 is 2.62 bits per heavy atom. The minimum atomic E-state index is -1.01. The summed E-state index contributed by atoms with van der Waals surface area (Å²) in [6.45, 7) is 0.834. The summed E-state index contributed by atoms with van der Waals surface area (Å²) in [7, 11) is 0. The molecule has 2 heterocycles. The number of nitrogens with zero attached hydrogens (tertiary/aromatic N) is 2. The van der Waals surface area contributed by atoms with E-state index in [9.17, 15) is 19.5 Å². The van der Waals surface area contributed by atoms with Gasteiger partial charge in [-0.1, -0.05) is 12.8 Å². The van der Waals surface area contributed by atoms with E-state index in [1.54, 1.807) is 4.90 Å². The quantitative estimate of drug-likeness (QED) is 0.728. The van der Waals surface area contributed by atoms with Crippen LogP contribution in [0.3, 0.4) is 0 Å². The number of ether oxygens (including phenoxy) is 1. The molecule has 0 aromatic carbocycles. The van der Waals surface area contributed by atoms with E-state index in [-0.39, 0.29) is 30.9 Å². The first-order valence-electron chi connectivity index (χ1n) is 7.52. The molecule has 1 N–H and O–H groups in total. The molecule has 2 aliphatic heterocycles. The van der Waals surface area contributed by atoms with Crippen molar-refractivity contribution in [3.05, 3.63) is 0 Å². The predicted octanol–water partition coefficient (Wildman–Crippen LogP) is -0.158. The maximum Gasteiger partial charge on any atom is 0.323 e. The zero-order valence-electron chi connectivity index (χ0n) is 11.9. The number of amides is 2. The maximum absolute atomic E-state index is 12.6. The summed E-state index contributed by atoms with van der Waals surface area (Å²) in [5, 5.41) is 9.27. The van der Waals surface area contributed by atoms with Gasteiger partial charge in [0.25, 0.3) is 0 Å². The summed E-state index contributed by atoms with van der Waals surface area (Å²) in [4.78, 5) is 39.1. The molecule has 0 aromatic rings. The third kappa shape index (κ3) is 2.55. The van der Waals surface area contributed by atoms with Crippen LogP contribution in [0.1, 0.15) is 32.1 Å². The van der Waals surface area contributed by atoms with Gasteiger partial charge in [0.05, 0.1) is 25.7 Å². The molecule has 7 heteroatoms. The van der Waals surface area contributed by atoms with Gasteiger partial charge in [-0.2, -0.15) is 0 Å². The maximum atomic E-state index is 12.6. The van der Waals surface area contributed by atoms with E-state index in [0.717, 1.165) is 25.7 Å². The van der Waals surface area contributed by atoms with Gasteiger partial charge in [-0.25, -0.2) is 0 Å². The molecule has 116 valence electrons. The monoisotopic (exact) mass is 296 g/mol. The fourth-order valence-corrected chi connectivity index (χ4v) is 3.64. The minimum absolute atomic E-state index is 0.0133. The summed E-state index contributed by atoms with van der Waals surface area (Å²) < 4.78 is 5.19. The molecule has 3 rings (SSSR count). The van der Waals surface area contributed by atoms with Crippen molar-refractivity contribution in [2.24, 2.45) is 0 Å². The van der Waals surface area contributed by atoms with Crippen LogP contribution in [0.15, 0.2) is 0 Å². The first kappa shape index (κ1) is 14.5. The normalized spacial score (nSPS) is 32.1. The molecule has 7 nitrogen and oxygen atoms in total. The number of aliphatic carboxylic acids is 1. The Kier molecular flexibility index (Phi) is 3.95. The van der Waals surface area contributed by atoms with Crippen LogP contribution in [-0.4, -0.2) is 70.6 Å². The van der Waals surface area contributed by atoms with Gasteiger partial charge in [0.15, 0.2) is 0 Å². The number of hydrogen-bond donors (Lipinski definition) is 1. The highest BCUT2D eigenvalue weighted by atomic mass is 16.5. The second kappa shape index (κ2) is 5.73. The number of imide groups is 1. The van der Waals surface area contributed by atoms with Crippen LogP contribution in [0.2, 0.25) is 0 Å². The van der Waals surface area contributed by atoms with E-state index in [1.165, 1.54) is 4.90 Å². The van der Waals surface area contributed by atoms with Crippen molar-refractivity contribution in [3.8, 4) is 0 Å². The Balaban J connectivity index is 1.77. The van der Waals surface area contributed by atoms with Gasteiger partial charge in [0.2, 0.25) is 11.8 Å². The molecule has 0 radical (unpaired) electrons. The van der Waals surface area contributed by atoms with Crippen molar-refractivity contribution in [1.82, 2.24) is 9.80 Å². The van der Waals surface area contributed by atoms with Crippen molar-refractivity contribution in [2.75, 3.05) is 19.8 Å². The number of morpholine rings is 1. The van der Waals surface area contributed by atoms with Crippen LogP contribution in [0.5, 0.6) is 0 Å². The molecule has 0 bridgehead atoms. The van der Waals surface area contributed by atoms with Crippen molar-refractivity contribution in [1.29, 1.82) is 0 Å². The molecule has 0 spiro atoms. The number of likely N-dealkylation sites (tertiary alicyclic amines) is 1. The highest BCUT2D eigenvalue weighted by Gasteiger charge is 2.48. The van der Waals surface area contributed by atoms with Crippen molar-refractivity contribution in [2.45, 2.75) is 50.2 Å². The van der Waals surface area contributed by atoms with E-state index in [4.69, 9.17) is 4.74 Å². The number of carbonyl (C=O) groups is 3. The average molecular weight is 296 g/mol. The largest absolute Gasteiger partial charge is 0.480 e. The molecule has 2 saturated heterocycles. The lowest BCUT2D eigenvalue weighted by atomic mass is 10.1. The second-order valence-corrected chi connectivity index (χ2v) is 5.93. The van der Waals surface area contributed by atoms with Gasteiger partial charge in [0, 0.05) is 12.6 Å². The first-order chi connectivity index (χ1) is 10.1. The summed E-state index contributed by atoms with van der Waals surface area (Å²) in [6.07, 6.45) is 3.92. The lowest BCUT2D eigenvalue weighted by molar-refractivity contribution is -0.154. The van der Waals surface area contributed by atoms with Gasteiger partial charge in [-0.3, -0.25) is 24.2 Å². The highest BCUT2D eigenvalue weighted by Crippen LogP contribution is 2.30. The Bertz CT molecular complexity index is 460. The van der Waals surface area contributed by atoms with Crippen LogP contribution < -0.4 is 0 Å². The predicted molar refractivity (Wildman–Crippen MR) is 71.5 cm³/mol. The summed E-state index contributed by atoms with van der Waals surface area (Å²) in [6, 6.07) is -1.47. The minimum Gasteiger partial charge on any atom is -0.480 e. The Hall–Kier alpha value is -1.47. The van der Waals surface area contributed by atoms with Gasteiger partial charge >= 0.3 is 5.97 Å². The molecule has 1 saturated carbocycles. The molecule has 2 amide bonds. The zero-order valence-corrected chi connectivity index (χ0v) is 11.9. The fraction of sp³-hybridized carbons (Fsp3) is 0.786. The average Bonchev–Trinajstić information content (AvgIpc) is 3.07. The Labute approximate surface area is 122 Å². The number of hydrogen-bond acceptors (Lipinski definition) is 5. The van der Waals surface area contributed by atoms with Crippen LogP contribution in [0, 0.1) is 0 Å². The zero-order chi connectivity index (χ0) is 15.0. The topological polar surface area (TPSA) is 87.2 Å². The number of carbonyl (C=O) groups excluding carboxylic acids is 2. The highest BCUT2D eigenvalue weighted by molar-refractivity contribution is 6.06. The molecule has 21 heavy (non-hydrogen) atoms. The molecular weight excluding hydrogens is 276 g/mol. The number of carboxylic acids is 1. The van der Waals surface area contributed by atoms with Gasteiger partial charge < -0.3 is 9.84 Å². The smallest absolute Gasteiger partial charge is 0.323 e. The lowest BCUT2D eigenvalue weighted by Crippen LogP contribution is -2.56. The second-order valence-electron chi connectivity index (χ2n) is 5.93. The van der Waals surface area contributed by atoms with Crippen LogP contribution in [-0.2, 0) is 19.1 Å². The standard InChI is InChI=1S/C14H20N2O5/c17-12-7-10(13(18)16(12)9-3-1-2-4-9)15-5-6-21-8-11(15)14(19)20/h9-11H,1-8H2,(H,19,20). The third-order valence-electron chi connectivity index (χ3n) is 4.70. The van der Waals surface area contributed by atoms with Crippen LogP contribution in [0.25, 0.3) is 0 Å². The number of rotatable bonds is 3. The summed E-state index contributed by atoms with van der Waals surface area (Å²) >= 11 is 0. The third-order valence-corrected chi connectivity index (χ3v) is 4.70. The van der Waals surface area contributed by atoms with Gasteiger partial charge in [0.1, 0.15) is 6.04 Å². The van der Waals surface area contributed by atoms with Crippen molar-refractivity contribution >= 4 is 17.8 Å². The van der Waals surface area contributed by atoms with E-state index < -0.39 is 18.1 Å². The van der Waals surface area contributed by atoms with Crippen LogP contribution in [0.4, 0.5) is 0 Å². The van der Waals surface area contributed by atoms with Crippen LogP contribution >= 0.6 is 0 Å². The first-order valence-corrected chi connectivity index (χ1v) is 7.52. The summed E-state index contributed by atoms with van der Waals surface area (Å²) in [5.74, 6) is -1.39. The summed E-state index contributed by atoms with van der Waals surface area (Å²) in [5.41, 5.74) is 0. The molecule has 2 atom stereocenters. The molecule has 1 aliphatic carbocycles. The molecule has 2 unspecified atom stereocenters. The fourth-order valence-electron chi connectivity index (χ4n) is 3.64. The van der Waals surface area contributed by atoms with E-state index in [0.29, 0.717) is 13.2 Å². The molecule has 3 fully saturated rings. The Morgan fingerprint density at radius 1 is 1.24 bits per heavy atom. The van der Waals surface area contributed by atoms with E-state index >= 15 is 0 Å². The Morgan fingerprint density at radius 2 is 1.95 bits per heavy atom. The van der Waals surface area contributed by atoms with Gasteiger partial charge in [-0.05, 0) is 12.8 Å². The van der Waals surface area contributed by atoms with Gasteiger partial charge in [-0.15, -0.1) is 0 Å². The van der Waals surface area contributed by atoms with E-state index in [2.05, 4.69) is 0 Å².